The molecule has 0 N–H and O–H groups in total. The first kappa shape index (κ1) is 27.3. The number of amides is 1. The van der Waals surface area contributed by atoms with Gasteiger partial charge in [-0.2, -0.15) is 0 Å². The molecule has 1 unspecified atom stereocenters. The average Bonchev–Trinajstić information content (AvgIpc) is 3.20. The van der Waals surface area contributed by atoms with Crippen molar-refractivity contribution >= 4 is 25.0 Å². The van der Waals surface area contributed by atoms with Crippen LogP contribution in [0.1, 0.15) is 64.0 Å². The number of rotatable bonds is 6. The second kappa shape index (κ2) is 12.2. The Kier molecular flexibility index (Phi) is 8.78. The Morgan fingerprint density at radius 3 is 2.37 bits per heavy atom. The summed E-state index contributed by atoms with van der Waals surface area (Å²) in [6.45, 7) is 6.11. The number of hydrogen-bond donors (Lipinski definition) is 0. The van der Waals surface area contributed by atoms with E-state index in [1.165, 1.54) is 13.5 Å². The maximum absolute atomic E-state index is 13.8. The summed E-state index contributed by atoms with van der Waals surface area (Å²) in [4.78, 5) is 17.6. The molecule has 0 spiro atoms. The molecule has 1 aliphatic heterocycles. The minimum atomic E-state index is -0.698. The number of carbonyl (C=O) groups excluding carboxylic acids is 1. The summed E-state index contributed by atoms with van der Waals surface area (Å²) in [5.41, 5.74) is 2.67. The van der Waals surface area contributed by atoms with Crippen molar-refractivity contribution in [1.82, 2.24) is 9.80 Å². The normalized spacial score (nSPS) is 20.2. The van der Waals surface area contributed by atoms with Gasteiger partial charge in [-0.15, -0.1) is 0 Å². The Labute approximate surface area is 226 Å². The Hall–Kier alpha value is -3.73. The van der Waals surface area contributed by atoms with Crippen molar-refractivity contribution < 1.29 is 18.9 Å². The van der Waals surface area contributed by atoms with E-state index in [0.29, 0.717) is 18.2 Å². The molecule has 2 aromatic carbocycles. The van der Waals surface area contributed by atoms with Gasteiger partial charge in [-0.05, 0) is 0 Å². The SMILES string of the molecule is COc1ccc(/C=C2/C(C3CCCCC3)N(Cc3ccccc3)C(=BOC#N)N2C(=O)OC(C)(C)C)cc1. The maximum atomic E-state index is 13.8. The van der Waals surface area contributed by atoms with E-state index in [-0.39, 0.29) is 6.04 Å². The van der Waals surface area contributed by atoms with E-state index >= 15 is 0 Å². The first-order chi connectivity index (χ1) is 18.3. The van der Waals surface area contributed by atoms with Crippen molar-refractivity contribution in [1.29, 1.82) is 5.26 Å². The van der Waals surface area contributed by atoms with E-state index in [1.54, 1.807) is 18.3 Å². The van der Waals surface area contributed by atoms with Gasteiger partial charge in [-0.25, -0.2) is 0 Å². The number of ether oxygens (including phenoxy) is 2. The van der Waals surface area contributed by atoms with Crippen LogP contribution in [0, 0.1) is 17.4 Å². The molecule has 198 valence electrons. The summed E-state index contributed by atoms with van der Waals surface area (Å²) < 4.78 is 16.4. The monoisotopic (exact) mass is 513 g/mol. The standard InChI is InChI=1S/C30H36BN3O4/c1-30(2,3)38-29(35)34-26(19-22-15-17-25(36-4)18-16-22)27(24-13-9-6-10-14-24)33(28(34)31-37-21-32)20-23-11-7-5-8-12-23/h5,7-8,11-12,15-19,24,27H,6,9-10,13-14,20H2,1-4H3/b26-19-. The Bertz CT molecular complexity index is 1190. The molecule has 1 saturated carbocycles. The fourth-order valence-electron chi connectivity index (χ4n) is 5.33. The van der Waals surface area contributed by atoms with Crippen LogP contribution in [0.2, 0.25) is 0 Å². The van der Waals surface area contributed by atoms with Gasteiger partial charge in [0.15, 0.2) is 0 Å². The van der Waals surface area contributed by atoms with Crippen molar-refractivity contribution in [2.45, 2.75) is 71.1 Å². The van der Waals surface area contributed by atoms with Crippen LogP contribution in [0.3, 0.4) is 0 Å². The van der Waals surface area contributed by atoms with Crippen LogP contribution in [0.4, 0.5) is 4.79 Å². The zero-order valence-corrected chi connectivity index (χ0v) is 22.7. The molecule has 1 aliphatic carbocycles. The zero-order valence-electron chi connectivity index (χ0n) is 22.7. The van der Waals surface area contributed by atoms with Gasteiger partial charge in [0, 0.05) is 0 Å². The van der Waals surface area contributed by atoms with Crippen LogP contribution < -0.4 is 4.74 Å². The molecule has 1 heterocycles. The van der Waals surface area contributed by atoms with E-state index in [1.807, 2.05) is 69.3 Å². The third-order valence-electron chi connectivity index (χ3n) is 6.94. The topological polar surface area (TPSA) is 75.0 Å². The van der Waals surface area contributed by atoms with Crippen molar-refractivity contribution in [3.05, 3.63) is 71.4 Å². The van der Waals surface area contributed by atoms with Gasteiger partial charge in [-0.1, -0.05) is 0 Å². The van der Waals surface area contributed by atoms with E-state index < -0.39 is 11.7 Å². The molecule has 38 heavy (non-hydrogen) atoms. The molecular weight excluding hydrogens is 477 g/mol. The summed E-state index contributed by atoms with van der Waals surface area (Å²) in [6, 6.07) is 17.8. The van der Waals surface area contributed by atoms with Crippen molar-refractivity contribution in [2.24, 2.45) is 5.92 Å². The molecule has 8 heteroatoms. The molecule has 1 atom stereocenters. The molecule has 2 aliphatic rings. The van der Waals surface area contributed by atoms with Crippen LogP contribution in [-0.4, -0.2) is 47.5 Å². The quantitative estimate of drug-likeness (QED) is 0.352. The summed E-state index contributed by atoms with van der Waals surface area (Å²) in [5.74, 6) is 1.09. The Morgan fingerprint density at radius 2 is 1.76 bits per heavy atom. The molecule has 0 bridgehead atoms. The van der Waals surface area contributed by atoms with Gasteiger partial charge in [-0.3, -0.25) is 0 Å². The number of hydrogen-bond acceptors (Lipinski definition) is 6. The van der Waals surface area contributed by atoms with Gasteiger partial charge in [0.25, 0.3) is 0 Å². The fraction of sp³-hybridized carbons (Fsp3) is 0.433. The zero-order chi connectivity index (χ0) is 27.1. The number of carbonyl (C=O) groups is 1. The average molecular weight is 513 g/mol. The van der Waals surface area contributed by atoms with Crippen LogP contribution in [0.5, 0.6) is 5.75 Å². The van der Waals surface area contributed by atoms with E-state index in [2.05, 4.69) is 17.0 Å². The number of nitrogens with zero attached hydrogens (tertiary/aromatic N) is 3. The van der Waals surface area contributed by atoms with E-state index in [0.717, 1.165) is 48.3 Å². The fourth-order valence-corrected chi connectivity index (χ4v) is 5.33. The molecular formula is C30H36BN3O4. The molecule has 0 aromatic heterocycles. The molecule has 7 nitrogen and oxygen atoms in total. The van der Waals surface area contributed by atoms with E-state index in [4.69, 9.17) is 14.1 Å². The summed E-state index contributed by atoms with van der Waals surface area (Å²) in [6.07, 6.45) is 8.93. The molecule has 1 saturated heterocycles. The Balaban J connectivity index is 1.88. The van der Waals surface area contributed by atoms with Crippen molar-refractivity contribution in [3.63, 3.8) is 0 Å². The molecule has 0 radical (unpaired) electrons. The molecule has 1 amide bonds. The summed E-state index contributed by atoms with van der Waals surface area (Å²) in [7, 11) is 3.01. The number of benzene rings is 2. The predicted octanol–water partition coefficient (Wildman–Crippen LogP) is 5.94. The Morgan fingerprint density at radius 1 is 1.08 bits per heavy atom. The summed E-state index contributed by atoms with van der Waals surface area (Å²) >= 11 is 0. The van der Waals surface area contributed by atoms with Gasteiger partial charge in [0.2, 0.25) is 0 Å². The van der Waals surface area contributed by atoms with Crippen LogP contribution in [-0.2, 0) is 15.9 Å². The van der Waals surface area contributed by atoms with Crippen LogP contribution in [0.15, 0.2) is 60.3 Å². The number of nitriles is 1. The first-order valence-electron chi connectivity index (χ1n) is 13.2. The molecule has 2 aromatic rings. The van der Waals surface area contributed by atoms with Crippen LogP contribution >= 0.6 is 0 Å². The summed E-state index contributed by atoms with van der Waals surface area (Å²) in [5, 5.41) is 9.28. The third-order valence-corrected chi connectivity index (χ3v) is 6.94. The number of methoxy groups -OCH3 is 1. The molecule has 2 fully saturated rings. The predicted molar refractivity (Wildman–Crippen MR) is 149 cm³/mol. The van der Waals surface area contributed by atoms with Gasteiger partial charge >= 0.3 is 227 Å². The van der Waals surface area contributed by atoms with Crippen molar-refractivity contribution in [2.75, 3.05) is 7.11 Å². The third kappa shape index (κ3) is 6.58. The van der Waals surface area contributed by atoms with E-state index in [9.17, 15) is 10.1 Å². The van der Waals surface area contributed by atoms with Crippen molar-refractivity contribution in [3.8, 4) is 12.0 Å². The van der Waals surface area contributed by atoms with Gasteiger partial charge in [0.05, 0.1) is 0 Å². The molecule has 4 rings (SSSR count). The second-order valence-electron chi connectivity index (χ2n) is 10.8. The van der Waals surface area contributed by atoms with Gasteiger partial charge in [0.1, 0.15) is 0 Å². The first-order valence-corrected chi connectivity index (χ1v) is 13.2. The van der Waals surface area contributed by atoms with Gasteiger partial charge < -0.3 is 0 Å². The van der Waals surface area contributed by atoms with Crippen LogP contribution in [0.25, 0.3) is 6.08 Å². The second-order valence-corrected chi connectivity index (χ2v) is 10.8. The minimum absolute atomic E-state index is 0.0985.